The zero-order valence-electron chi connectivity index (χ0n) is 39.3. The van der Waals surface area contributed by atoms with Crippen LogP contribution >= 0.6 is 0 Å². The first-order valence-electron chi connectivity index (χ1n) is 23.6. The molecule has 1 aliphatic carbocycles. The second-order valence-electron chi connectivity index (χ2n) is 17.8. The standard InChI is InChI=1S/C64H56N4/c1-47-15-27-55(28-16-47)67(56-29-17-48(2)18-30-56)63-43-39-61(40-44-63)65(53-11-7-5-8-12-53)59-35-23-51(24-36-59)52-25-37-60(38-26-52)66(54-13-9-6-10-14-54)62-41-45-64(46-42-62)68(57-31-19-49(3)20-32-57)58-33-21-50(4)22-34-58/h5-41,43-45H,42,46H2,1-4H3. The lowest BCUT2D eigenvalue weighted by Crippen LogP contribution is -2.22. The number of benzene rings is 9. The first-order valence-corrected chi connectivity index (χ1v) is 23.6. The molecule has 0 heterocycles. The molecular weight excluding hydrogens is 825 g/mol. The van der Waals surface area contributed by atoms with Crippen LogP contribution in [0.1, 0.15) is 35.1 Å². The highest BCUT2D eigenvalue weighted by Crippen LogP contribution is 2.42. The van der Waals surface area contributed by atoms with E-state index in [1.54, 1.807) is 0 Å². The van der Waals surface area contributed by atoms with Crippen molar-refractivity contribution in [3.8, 4) is 11.1 Å². The van der Waals surface area contributed by atoms with Crippen LogP contribution in [-0.4, -0.2) is 0 Å². The molecular formula is C64H56N4. The first kappa shape index (κ1) is 43.5. The van der Waals surface area contributed by atoms with Crippen molar-refractivity contribution in [1.82, 2.24) is 0 Å². The van der Waals surface area contributed by atoms with Gasteiger partial charge in [0.05, 0.1) is 0 Å². The third-order valence-corrected chi connectivity index (χ3v) is 12.8. The number of para-hydroxylation sites is 2. The maximum atomic E-state index is 2.41. The highest BCUT2D eigenvalue weighted by Gasteiger charge is 2.22. The summed E-state index contributed by atoms with van der Waals surface area (Å²) >= 11 is 0. The van der Waals surface area contributed by atoms with E-state index in [1.807, 2.05) is 0 Å². The van der Waals surface area contributed by atoms with E-state index in [9.17, 15) is 0 Å². The van der Waals surface area contributed by atoms with Gasteiger partial charge in [-0.3, -0.25) is 0 Å². The summed E-state index contributed by atoms with van der Waals surface area (Å²) in [5.74, 6) is 0. The fourth-order valence-electron chi connectivity index (χ4n) is 9.13. The van der Waals surface area contributed by atoms with Crippen LogP contribution in [0.3, 0.4) is 0 Å². The van der Waals surface area contributed by atoms with Gasteiger partial charge in [-0.1, -0.05) is 131 Å². The fourth-order valence-corrected chi connectivity index (χ4v) is 9.13. The van der Waals surface area contributed by atoms with Crippen molar-refractivity contribution in [2.24, 2.45) is 0 Å². The molecule has 9 aromatic rings. The predicted molar refractivity (Wildman–Crippen MR) is 289 cm³/mol. The number of hydrogen-bond acceptors (Lipinski definition) is 4. The van der Waals surface area contributed by atoms with E-state index in [4.69, 9.17) is 0 Å². The van der Waals surface area contributed by atoms with Crippen LogP contribution in [0, 0.1) is 27.7 Å². The van der Waals surface area contributed by atoms with E-state index >= 15 is 0 Å². The highest BCUT2D eigenvalue weighted by molar-refractivity contribution is 5.83. The van der Waals surface area contributed by atoms with Gasteiger partial charge in [0.15, 0.2) is 0 Å². The number of anilines is 10. The van der Waals surface area contributed by atoms with E-state index in [0.717, 1.165) is 58.3 Å². The molecule has 0 amide bonds. The summed E-state index contributed by atoms with van der Waals surface area (Å²) < 4.78 is 0. The largest absolute Gasteiger partial charge is 0.314 e. The monoisotopic (exact) mass is 880 g/mol. The number of rotatable bonds is 13. The Bertz CT molecular complexity index is 3050. The molecule has 68 heavy (non-hydrogen) atoms. The second kappa shape index (κ2) is 19.6. The number of aryl methyl sites for hydroxylation is 4. The van der Waals surface area contributed by atoms with Gasteiger partial charge in [0.25, 0.3) is 0 Å². The summed E-state index contributed by atoms with van der Waals surface area (Å²) in [5, 5.41) is 0. The van der Waals surface area contributed by atoms with Crippen molar-refractivity contribution in [2.45, 2.75) is 40.5 Å². The van der Waals surface area contributed by atoms with Gasteiger partial charge in [-0.2, -0.15) is 0 Å². The van der Waals surface area contributed by atoms with Crippen LogP contribution < -0.4 is 19.6 Å². The lowest BCUT2D eigenvalue weighted by Gasteiger charge is -2.33. The molecule has 0 unspecified atom stereocenters. The Morgan fingerprint density at radius 2 is 0.426 bits per heavy atom. The van der Waals surface area contributed by atoms with Gasteiger partial charge in [-0.05, 0) is 185 Å². The van der Waals surface area contributed by atoms with Gasteiger partial charge in [0, 0.05) is 68.3 Å². The maximum Gasteiger partial charge on any atom is 0.0463 e. The molecule has 0 radical (unpaired) electrons. The Morgan fingerprint density at radius 1 is 0.221 bits per heavy atom. The molecule has 1 aliphatic rings. The molecule has 0 atom stereocenters. The SMILES string of the molecule is Cc1ccc(N(C2=CC=C(N(c3ccccc3)c3ccc(-c4ccc(N(c5ccccc5)c5ccc(N(c6ccc(C)cc6)c6ccc(C)cc6)cc5)cc4)cc3)CC2)c2ccc(C)cc2)cc1. The zero-order valence-corrected chi connectivity index (χ0v) is 39.3. The molecule has 4 nitrogen and oxygen atoms in total. The van der Waals surface area contributed by atoms with E-state index in [1.165, 1.54) is 56.1 Å². The molecule has 0 bridgehead atoms. The minimum absolute atomic E-state index is 0.899. The van der Waals surface area contributed by atoms with Crippen molar-refractivity contribution in [2.75, 3.05) is 19.6 Å². The van der Waals surface area contributed by atoms with Crippen LogP contribution in [0.5, 0.6) is 0 Å². The molecule has 0 saturated carbocycles. The lowest BCUT2D eigenvalue weighted by molar-refractivity contribution is 0.850. The van der Waals surface area contributed by atoms with Gasteiger partial charge < -0.3 is 19.6 Å². The highest BCUT2D eigenvalue weighted by atomic mass is 15.2. The van der Waals surface area contributed by atoms with Gasteiger partial charge in [0.1, 0.15) is 0 Å². The van der Waals surface area contributed by atoms with Crippen LogP contribution in [0.15, 0.2) is 254 Å². The normalized spacial score (nSPS) is 12.2. The molecule has 0 saturated heterocycles. The summed E-state index contributed by atoms with van der Waals surface area (Å²) in [4.78, 5) is 9.46. The number of allylic oxidation sites excluding steroid dienone is 4. The Morgan fingerprint density at radius 3 is 0.691 bits per heavy atom. The second-order valence-corrected chi connectivity index (χ2v) is 17.8. The Labute approximate surface area is 402 Å². The first-order chi connectivity index (χ1) is 33.3. The van der Waals surface area contributed by atoms with E-state index in [-0.39, 0.29) is 0 Å². The third kappa shape index (κ3) is 9.49. The smallest absolute Gasteiger partial charge is 0.0463 e. The maximum absolute atomic E-state index is 2.41. The Kier molecular flexibility index (Phi) is 12.6. The van der Waals surface area contributed by atoms with Crippen molar-refractivity contribution in [3.63, 3.8) is 0 Å². The minimum Gasteiger partial charge on any atom is -0.314 e. The summed E-state index contributed by atoms with van der Waals surface area (Å²) in [6, 6.07) is 83.4. The molecule has 10 rings (SSSR count). The molecule has 9 aromatic carbocycles. The number of hydrogen-bond donors (Lipinski definition) is 0. The molecule has 4 heteroatoms. The third-order valence-electron chi connectivity index (χ3n) is 12.8. The molecule has 0 fully saturated rings. The topological polar surface area (TPSA) is 13.0 Å². The lowest BCUT2D eigenvalue weighted by atomic mass is 10.0. The van der Waals surface area contributed by atoms with E-state index in [2.05, 4.69) is 290 Å². The van der Waals surface area contributed by atoms with Crippen LogP contribution in [-0.2, 0) is 0 Å². The van der Waals surface area contributed by atoms with Gasteiger partial charge >= 0.3 is 0 Å². The van der Waals surface area contributed by atoms with Gasteiger partial charge in [-0.15, -0.1) is 0 Å². The summed E-state index contributed by atoms with van der Waals surface area (Å²) in [5.41, 5.74) is 21.1. The predicted octanol–water partition coefficient (Wildman–Crippen LogP) is 18.1. The van der Waals surface area contributed by atoms with Crippen LogP contribution in [0.25, 0.3) is 11.1 Å². The summed E-state index contributed by atoms with van der Waals surface area (Å²) in [7, 11) is 0. The average molecular weight is 881 g/mol. The van der Waals surface area contributed by atoms with E-state index in [0.29, 0.717) is 0 Å². The zero-order chi connectivity index (χ0) is 46.4. The molecule has 0 spiro atoms. The Balaban J connectivity index is 0.929. The molecule has 0 N–H and O–H groups in total. The molecule has 0 aromatic heterocycles. The Hall–Kier alpha value is -8.34. The number of nitrogens with zero attached hydrogens (tertiary/aromatic N) is 4. The van der Waals surface area contributed by atoms with Crippen LogP contribution in [0.2, 0.25) is 0 Å². The quantitative estimate of drug-likeness (QED) is 0.114. The summed E-state index contributed by atoms with van der Waals surface area (Å²) in [6.45, 7) is 8.55. The van der Waals surface area contributed by atoms with Gasteiger partial charge in [0.2, 0.25) is 0 Å². The fraction of sp³-hybridized carbons (Fsp3) is 0.0938. The van der Waals surface area contributed by atoms with Crippen LogP contribution in [0.4, 0.5) is 56.9 Å². The van der Waals surface area contributed by atoms with Crippen molar-refractivity contribution < 1.29 is 0 Å². The van der Waals surface area contributed by atoms with Crippen molar-refractivity contribution >= 4 is 56.9 Å². The van der Waals surface area contributed by atoms with Crippen molar-refractivity contribution in [3.05, 3.63) is 276 Å². The van der Waals surface area contributed by atoms with Crippen molar-refractivity contribution in [1.29, 1.82) is 0 Å². The molecule has 0 aliphatic heterocycles. The minimum atomic E-state index is 0.899. The van der Waals surface area contributed by atoms with E-state index < -0.39 is 0 Å². The van der Waals surface area contributed by atoms with Gasteiger partial charge in [-0.25, -0.2) is 0 Å². The molecule has 332 valence electrons. The average Bonchev–Trinajstić information content (AvgIpc) is 3.38. The summed E-state index contributed by atoms with van der Waals surface area (Å²) in [6.07, 6.45) is 6.42.